The van der Waals surface area contributed by atoms with Crippen molar-refractivity contribution in [2.75, 3.05) is 0 Å². The van der Waals surface area contributed by atoms with Gasteiger partial charge in [0.05, 0.1) is 6.04 Å². The Kier molecular flexibility index (Phi) is 5.58. The quantitative estimate of drug-likeness (QED) is 0.767. The van der Waals surface area contributed by atoms with Crippen LogP contribution in [0.2, 0.25) is 0 Å². The molecule has 0 fully saturated rings. The highest BCUT2D eigenvalue weighted by Gasteiger charge is 2.38. The van der Waals surface area contributed by atoms with E-state index in [1.54, 1.807) is 0 Å². The normalized spacial score (nSPS) is 13.8. The van der Waals surface area contributed by atoms with E-state index in [4.69, 9.17) is 5.73 Å². The Hall–Kier alpha value is -1.11. The van der Waals surface area contributed by atoms with E-state index in [0.717, 1.165) is 32.1 Å². The summed E-state index contributed by atoms with van der Waals surface area (Å²) in [6.45, 7) is 2.11. The molecule has 1 atom stereocenters. The van der Waals surface area contributed by atoms with Crippen molar-refractivity contribution in [2.45, 2.75) is 57.7 Å². The van der Waals surface area contributed by atoms with Gasteiger partial charge in [0.25, 0.3) is 0 Å². The Morgan fingerprint density at radius 2 is 1.89 bits per heavy atom. The second kappa shape index (κ2) is 6.72. The van der Waals surface area contributed by atoms with Gasteiger partial charge in [-0.3, -0.25) is 0 Å². The first-order valence-corrected chi connectivity index (χ1v) is 6.11. The number of unbranched alkanes of at least 4 members (excludes halogenated alkanes) is 4. The topological polar surface area (TPSA) is 64.9 Å². The minimum Gasteiger partial charge on any atom is -0.329 e. The molecule has 0 saturated carbocycles. The van der Waals surface area contributed by atoms with Gasteiger partial charge < -0.3 is 10.3 Å². The molecule has 1 rings (SSSR count). The molecule has 0 radical (unpaired) electrons. The first-order chi connectivity index (χ1) is 8.45. The Bertz CT molecular complexity index is 352. The van der Waals surface area contributed by atoms with Gasteiger partial charge in [0.15, 0.2) is 5.82 Å². The SMILES string of the molecule is CCCCCCCC(N)c1noc(C(F)(F)F)n1. The summed E-state index contributed by atoms with van der Waals surface area (Å²) in [5, 5.41) is 3.27. The number of rotatable bonds is 7. The Morgan fingerprint density at radius 1 is 1.22 bits per heavy atom. The highest BCUT2D eigenvalue weighted by Crippen LogP contribution is 2.28. The average Bonchev–Trinajstić information content (AvgIpc) is 2.77. The van der Waals surface area contributed by atoms with E-state index >= 15 is 0 Å². The smallest absolute Gasteiger partial charge is 0.329 e. The largest absolute Gasteiger partial charge is 0.471 e. The highest BCUT2D eigenvalue weighted by molar-refractivity contribution is 4.95. The van der Waals surface area contributed by atoms with Gasteiger partial charge in [-0.05, 0) is 6.42 Å². The van der Waals surface area contributed by atoms with Crippen LogP contribution < -0.4 is 5.73 Å². The summed E-state index contributed by atoms with van der Waals surface area (Å²) in [6.07, 6.45) is 1.26. The summed E-state index contributed by atoms with van der Waals surface area (Å²) in [6, 6.07) is -0.591. The summed E-state index contributed by atoms with van der Waals surface area (Å²) >= 11 is 0. The molecule has 0 aliphatic heterocycles. The first kappa shape index (κ1) is 14.9. The monoisotopic (exact) mass is 265 g/mol. The maximum absolute atomic E-state index is 12.2. The van der Waals surface area contributed by atoms with E-state index in [1.807, 2.05) is 0 Å². The molecule has 1 aromatic heterocycles. The Morgan fingerprint density at radius 3 is 2.44 bits per heavy atom. The molecule has 18 heavy (non-hydrogen) atoms. The molecule has 0 aliphatic rings. The van der Waals surface area contributed by atoms with Crippen molar-refractivity contribution in [1.29, 1.82) is 0 Å². The number of halogens is 3. The molecule has 2 N–H and O–H groups in total. The van der Waals surface area contributed by atoms with E-state index in [9.17, 15) is 13.2 Å². The molecule has 0 aliphatic carbocycles. The van der Waals surface area contributed by atoms with E-state index < -0.39 is 18.1 Å². The molecule has 1 heterocycles. The lowest BCUT2D eigenvalue weighted by Gasteiger charge is -2.06. The third-order valence-corrected chi connectivity index (χ3v) is 2.63. The molecule has 1 unspecified atom stereocenters. The number of nitrogens with zero attached hydrogens (tertiary/aromatic N) is 2. The Balaban J connectivity index is 2.37. The summed E-state index contributed by atoms with van der Waals surface area (Å²) in [4.78, 5) is 3.27. The van der Waals surface area contributed by atoms with E-state index in [-0.39, 0.29) is 5.82 Å². The van der Waals surface area contributed by atoms with Crippen molar-refractivity contribution in [1.82, 2.24) is 10.1 Å². The molecule has 1 aromatic rings. The van der Waals surface area contributed by atoms with Crippen LogP contribution in [0.25, 0.3) is 0 Å². The zero-order valence-corrected chi connectivity index (χ0v) is 10.3. The Labute approximate surface area is 104 Å². The van der Waals surface area contributed by atoms with Crippen molar-refractivity contribution >= 4 is 0 Å². The maximum Gasteiger partial charge on any atom is 0.471 e. The zero-order chi connectivity index (χ0) is 13.6. The van der Waals surface area contributed by atoms with Crippen LogP contribution in [0.1, 0.15) is 63.2 Å². The molecule has 0 amide bonds. The van der Waals surface area contributed by atoms with E-state index in [0.29, 0.717) is 6.42 Å². The third kappa shape index (κ3) is 4.64. The number of nitrogens with two attached hydrogens (primary N) is 1. The predicted molar refractivity (Wildman–Crippen MR) is 59.6 cm³/mol. The van der Waals surface area contributed by atoms with Crippen molar-refractivity contribution in [3.8, 4) is 0 Å². The molecule has 0 aromatic carbocycles. The predicted octanol–water partition coefficient (Wildman–Crippen LogP) is 3.45. The molecular formula is C11H18F3N3O. The molecule has 0 spiro atoms. The van der Waals surface area contributed by atoms with Gasteiger partial charge in [0.1, 0.15) is 0 Å². The van der Waals surface area contributed by atoms with Crippen LogP contribution in [0.4, 0.5) is 13.2 Å². The zero-order valence-electron chi connectivity index (χ0n) is 10.3. The van der Waals surface area contributed by atoms with Crippen LogP contribution in [0, 0.1) is 0 Å². The van der Waals surface area contributed by atoms with Crippen LogP contribution in [0.3, 0.4) is 0 Å². The van der Waals surface area contributed by atoms with E-state index in [1.165, 1.54) is 0 Å². The second-order valence-corrected chi connectivity index (χ2v) is 4.26. The summed E-state index contributed by atoms with van der Waals surface area (Å²) in [5.41, 5.74) is 5.71. The van der Waals surface area contributed by atoms with Crippen molar-refractivity contribution in [2.24, 2.45) is 5.73 Å². The van der Waals surface area contributed by atoms with Crippen LogP contribution >= 0.6 is 0 Å². The second-order valence-electron chi connectivity index (χ2n) is 4.26. The van der Waals surface area contributed by atoms with Gasteiger partial charge in [-0.2, -0.15) is 18.2 Å². The lowest BCUT2D eigenvalue weighted by atomic mass is 10.1. The lowest BCUT2D eigenvalue weighted by Crippen LogP contribution is -2.13. The van der Waals surface area contributed by atoms with Crippen molar-refractivity contribution in [3.63, 3.8) is 0 Å². The van der Waals surface area contributed by atoms with Gasteiger partial charge in [0.2, 0.25) is 0 Å². The summed E-state index contributed by atoms with van der Waals surface area (Å²) in [5.74, 6) is -1.41. The van der Waals surface area contributed by atoms with Gasteiger partial charge in [-0.1, -0.05) is 44.2 Å². The van der Waals surface area contributed by atoms with Crippen LogP contribution in [-0.4, -0.2) is 10.1 Å². The standard InChI is InChI=1S/C11H18F3N3O/c1-2-3-4-5-6-7-8(15)9-16-10(18-17-9)11(12,13)14/h8H,2-7,15H2,1H3. The molecule has 0 saturated heterocycles. The van der Waals surface area contributed by atoms with Gasteiger partial charge in [-0.15, -0.1) is 0 Å². The average molecular weight is 265 g/mol. The maximum atomic E-state index is 12.2. The minimum absolute atomic E-state index is 0.0715. The first-order valence-electron chi connectivity index (χ1n) is 6.11. The fourth-order valence-corrected chi connectivity index (χ4v) is 1.60. The summed E-state index contributed by atoms with van der Waals surface area (Å²) in [7, 11) is 0. The number of alkyl halides is 3. The molecule has 104 valence electrons. The molecule has 4 nitrogen and oxygen atoms in total. The molecule has 0 bridgehead atoms. The van der Waals surface area contributed by atoms with Gasteiger partial charge >= 0.3 is 12.1 Å². The third-order valence-electron chi connectivity index (χ3n) is 2.63. The van der Waals surface area contributed by atoms with Crippen LogP contribution in [0.15, 0.2) is 4.52 Å². The van der Waals surface area contributed by atoms with Gasteiger partial charge in [0, 0.05) is 0 Å². The highest BCUT2D eigenvalue weighted by atomic mass is 19.4. The van der Waals surface area contributed by atoms with Gasteiger partial charge in [-0.25, -0.2) is 0 Å². The fraction of sp³-hybridized carbons (Fsp3) is 0.818. The fourth-order valence-electron chi connectivity index (χ4n) is 1.60. The van der Waals surface area contributed by atoms with Crippen molar-refractivity contribution < 1.29 is 17.7 Å². The van der Waals surface area contributed by atoms with Crippen molar-refractivity contribution in [3.05, 3.63) is 11.7 Å². The number of hydrogen-bond donors (Lipinski definition) is 1. The lowest BCUT2D eigenvalue weighted by molar-refractivity contribution is -0.159. The molecular weight excluding hydrogens is 247 g/mol. The number of aromatic nitrogens is 2. The van der Waals surface area contributed by atoms with E-state index in [2.05, 4.69) is 21.6 Å². The minimum atomic E-state index is -4.61. The molecule has 7 heteroatoms. The summed E-state index contributed by atoms with van der Waals surface area (Å²) < 4.78 is 40.8. The number of hydrogen-bond acceptors (Lipinski definition) is 4. The van der Waals surface area contributed by atoms with Crippen LogP contribution in [-0.2, 0) is 6.18 Å². The van der Waals surface area contributed by atoms with Crippen LogP contribution in [0.5, 0.6) is 0 Å².